The van der Waals surface area contributed by atoms with Crippen molar-refractivity contribution in [2.45, 2.75) is 11.8 Å². The van der Waals surface area contributed by atoms with Gasteiger partial charge in [0.2, 0.25) is 0 Å². The normalized spacial score (nSPS) is 24.4. The van der Waals surface area contributed by atoms with Gasteiger partial charge in [-0.2, -0.15) is 0 Å². The van der Waals surface area contributed by atoms with E-state index in [0.717, 1.165) is 10.7 Å². The van der Waals surface area contributed by atoms with Crippen LogP contribution in [-0.2, 0) is 4.79 Å². The molecule has 0 amide bonds. The van der Waals surface area contributed by atoms with Crippen LogP contribution in [-0.4, -0.2) is 27.2 Å². The minimum Gasteiger partial charge on any atom is -0.481 e. The van der Waals surface area contributed by atoms with Crippen LogP contribution in [0.4, 0.5) is 0 Å². The van der Waals surface area contributed by atoms with Crippen LogP contribution < -0.4 is 5.32 Å². The van der Waals surface area contributed by atoms with Gasteiger partial charge >= 0.3 is 5.97 Å². The lowest BCUT2D eigenvalue weighted by Crippen LogP contribution is -2.25. The summed E-state index contributed by atoms with van der Waals surface area (Å²) in [6.07, 6.45) is 0.144. The van der Waals surface area contributed by atoms with Crippen molar-refractivity contribution < 1.29 is 9.90 Å². The zero-order chi connectivity index (χ0) is 7.56. The van der Waals surface area contributed by atoms with E-state index in [2.05, 4.69) is 5.32 Å². The Labute approximate surface area is 68.2 Å². The molecule has 1 aliphatic rings. The molecule has 0 saturated carbocycles. The third kappa shape index (κ3) is 2.15. The molecule has 0 spiro atoms. The van der Waals surface area contributed by atoms with E-state index in [1.807, 2.05) is 0 Å². The molecule has 0 bridgehead atoms. The van der Waals surface area contributed by atoms with Crippen molar-refractivity contribution in [1.82, 2.24) is 5.32 Å². The number of rotatable bonds is 2. The van der Waals surface area contributed by atoms with Gasteiger partial charge in [-0.05, 0) is 0 Å². The molecule has 5 heteroatoms. The molecule has 1 atom stereocenters. The fourth-order valence-corrected chi connectivity index (χ4v) is 2.05. The number of carbonyl (C=O) groups is 1. The Bertz CT molecular complexity index is 171. The summed E-state index contributed by atoms with van der Waals surface area (Å²) in [5, 5.41) is 11.3. The number of thioether (sulfide) groups is 1. The summed E-state index contributed by atoms with van der Waals surface area (Å²) in [4.78, 5) is 10.9. The van der Waals surface area contributed by atoms with Gasteiger partial charge in [-0.1, -0.05) is 12.2 Å². The second-order valence-electron chi connectivity index (χ2n) is 1.97. The Morgan fingerprint density at radius 3 is 3.10 bits per heavy atom. The van der Waals surface area contributed by atoms with E-state index in [9.17, 15) is 4.79 Å². The summed E-state index contributed by atoms with van der Waals surface area (Å²) in [6, 6.07) is 0. The summed E-state index contributed by atoms with van der Waals surface area (Å²) in [5.74, 6) is -0.0255. The smallest absolute Gasteiger partial charge is 0.306 e. The molecule has 0 aromatic heterocycles. The average Bonchev–Trinajstić information content (AvgIpc) is 2.13. The molecule has 1 rings (SSSR count). The largest absolute Gasteiger partial charge is 0.481 e. The molecule has 10 heavy (non-hydrogen) atoms. The number of hydrogen-bond donors (Lipinski definition) is 2. The Balaban J connectivity index is 2.31. The third-order valence-electron chi connectivity index (χ3n) is 1.10. The minimum absolute atomic E-state index is 0.00926. The van der Waals surface area contributed by atoms with Gasteiger partial charge in [0.05, 0.1) is 16.8 Å². The van der Waals surface area contributed by atoms with Crippen LogP contribution in [0.3, 0.4) is 0 Å². The van der Waals surface area contributed by atoms with Crippen LogP contribution >= 0.6 is 24.0 Å². The monoisotopic (exact) mass is 177 g/mol. The van der Waals surface area contributed by atoms with E-state index in [4.69, 9.17) is 17.3 Å². The molecule has 1 heterocycles. The number of nitrogens with one attached hydrogen (secondary N) is 1. The Hall–Kier alpha value is -0.290. The van der Waals surface area contributed by atoms with Crippen LogP contribution in [0.25, 0.3) is 0 Å². The third-order valence-corrected chi connectivity index (χ3v) is 2.68. The number of carboxylic acids is 1. The highest BCUT2D eigenvalue weighted by Crippen LogP contribution is 2.18. The van der Waals surface area contributed by atoms with Gasteiger partial charge in [-0.25, -0.2) is 0 Å². The van der Waals surface area contributed by atoms with Gasteiger partial charge in [0.1, 0.15) is 0 Å². The van der Waals surface area contributed by atoms with E-state index < -0.39 is 5.97 Å². The Morgan fingerprint density at radius 2 is 2.70 bits per heavy atom. The number of carboxylic acid groups (broad SMARTS) is 1. The molecule has 2 N–H and O–H groups in total. The second kappa shape index (κ2) is 3.21. The lowest BCUT2D eigenvalue weighted by Gasteiger charge is -2.04. The maximum absolute atomic E-state index is 10.2. The van der Waals surface area contributed by atoms with Crippen LogP contribution in [0.1, 0.15) is 6.42 Å². The lowest BCUT2D eigenvalue weighted by atomic mass is 10.4. The number of hydrogen-bond acceptors (Lipinski definition) is 3. The molecule has 1 aliphatic heterocycles. The van der Waals surface area contributed by atoms with Crippen molar-refractivity contribution in [3.63, 3.8) is 0 Å². The molecule has 1 fully saturated rings. The highest BCUT2D eigenvalue weighted by molar-refractivity contribution is 8.02. The maximum Gasteiger partial charge on any atom is 0.306 e. The molecule has 0 aromatic rings. The van der Waals surface area contributed by atoms with Gasteiger partial charge in [-0.15, -0.1) is 11.8 Å². The van der Waals surface area contributed by atoms with Gasteiger partial charge < -0.3 is 10.4 Å². The van der Waals surface area contributed by atoms with Crippen molar-refractivity contribution in [3.8, 4) is 0 Å². The van der Waals surface area contributed by atoms with E-state index in [-0.39, 0.29) is 11.8 Å². The van der Waals surface area contributed by atoms with Gasteiger partial charge in [0.25, 0.3) is 0 Å². The molecule has 0 aliphatic carbocycles. The Kier molecular flexibility index (Phi) is 2.50. The number of thiocarbonyl (C=S) groups is 1. The second-order valence-corrected chi connectivity index (χ2v) is 3.65. The molecule has 1 saturated heterocycles. The molecule has 56 valence electrons. The van der Waals surface area contributed by atoms with Crippen LogP contribution in [0.2, 0.25) is 0 Å². The van der Waals surface area contributed by atoms with Crippen molar-refractivity contribution in [2.75, 3.05) is 5.75 Å². The fraction of sp³-hybridized carbons (Fsp3) is 0.600. The lowest BCUT2D eigenvalue weighted by molar-refractivity contribution is -0.137. The van der Waals surface area contributed by atoms with E-state index in [1.54, 1.807) is 11.8 Å². The summed E-state index contributed by atoms with van der Waals surface area (Å²) < 4.78 is 0. The molecule has 0 aromatic carbocycles. The first-order chi connectivity index (χ1) is 4.68. The fourth-order valence-electron chi connectivity index (χ4n) is 0.708. The molecule has 3 nitrogen and oxygen atoms in total. The molecular formula is C5H7NO2S2. The SMILES string of the molecule is O=C(O)CC1NC(=S)CS1. The average molecular weight is 177 g/mol. The zero-order valence-electron chi connectivity index (χ0n) is 5.16. The first-order valence-corrected chi connectivity index (χ1v) is 4.27. The van der Waals surface area contributed by atoms with Crippen molar-refractivity contribution in [1.29, 1.82) is 0 Å². The van der Waals surface area contributed by atoms with Gasteiger partial charge in [0.15, 0.2) is 0 Å². The van der Waals surface area contributed by atoms with E-state index in [0.29, 0.717) is 0 Å². The minimum atomic E-state index is -0.783. The topological polar surface area (TPSA) is 49.3 Å². The summed E-state index contributed by atoms with van der Waals surface area (Å²) in [6.45, 7) is 0. The van der Waals surface area contributed by atoms with Crippen molar-refractivity contribution >= 4 is 34.9 Å². The summed E-state index contributed by atoms with van der Waals surface area (Å²) in [5.41, 5.74) is 0. The van der Waals surface area contributed by atoms with Crippen LogP contribution in [0.15, 0.2) is 0 Å². The number of aliphatic carboxylic acids is 1. The van der Waals surface area contributed by atoms with Gasteiger partial charge in [0, 0.05) is 5.75 Å². The highest BCUT2D eigenvalue weighted by atomic mass is 32.2. The van der Waals surface area contributed by atoms with Gasteiger partial charge in [-0.3, -0.25) is 4.79 Å². The molecular weight excluding hydrogens is 170 g/mol. The van der Waals surface area contributed by atoms with Crippen LogP contribution in [0, 0.1) is 0 Å². The molecule has 1 unspecified atom stereocenters. The van der Waals surface area contributed by atoms with Crippen molar-refractivity contribution in [2.24, 2.45) is 0 Å². The highest BCUT2D eigenvalue weighted by Gasteiger charge is 2.20. The molecule has 0 radical (unpaired) electrons. The predicted molar refractivity (Wildman–Crippen MR) is 44.2 cm³/mol. The maximum atomic E-state index is 10.2. The summed E-state index contributed by atoms with van der Waals surface area (Å²) >= 11 is 6.37. The van der Waals surface area contributed by atoms with Crippen molar-refractivity contribution in [3.05, 3.63) is 0 Å². The van der Waals surface area contributed by atoms with E-state index >= 15 is 0 Å². The first-order valence-electron chi connectivity index (χ1n) is 2.81. The summed E-state index contributed by atoms with van der Waals surface area (Å²) in [7, 11) is 0. The Morgan fingerprint density at radius 1 is 2.00 bits per heavy atom. The first kappa shape index (κ1) is 7.81. The predicted octanol–water partition coefficient (Wildman–Crippen LogP) is 0.451. The zero-order valence-corrected chi connectivity index (χ0v) is 6.80. The standard InChI is InChI=1S/C5H7NO2S2/c7-5(8)1-4-6-3(9)2-10-4/h4H,1-2H2,(H,6,9)(H,7,8). The quantitative estimate of drug-likeness (QED) is 0.600. The van der Waals surface area contributed by atoms with E-state index in [1.165, 1.54) is 0 Å². The van der Waals surface area contributed by atoms with Crippen LogP contribution in [0.5, 0.6) is 0 Å².